The standard InChI is InChI=1S/C14H16BrClFN3/c1-3-11-14(15)13(20(4-2)19-11)8-18-12-6-5-9(16)7-10(12)17/h5-7,18H,3-4,8H2,1-2H3. The van der Waals surface area contributed by atoms with Crippen LogP contribution in [-0.4, -0.2) is 9.78 Å². The van der Waals surface area contributed by atoms with E-state index >= 15 is 0 Å². The lowest BCUT2D eigenvalue weighted by Crippen LogP contribution is -2.09. The van der Waals surface area contributed by atoms with E-state index in [4.69, 9.17) is 11.6 Å². The SMILES string of the molecule is CCc1nn(CC)c(CNc2ccc(Cl)cc2F)c1Br. The van der Waals surface area contributed by atoms with Crippen LogP contribution in [0.4, 0.5) is 10.1 Å². The molecule has 0 saturated carbocycles. The first-order valence-corrected chi connectivity index (χ1v) is 7.66. The molecule has 0 aliphatic carbocycles. The molecule has 1 aromatic carbocycles. The van der Waals surface area contributed by atoms with Crippen molar-refractivity contribution in [2.45, 2.75) is 33.4 Å². The van der Waals surface area contributed by atoms with Crippen LogP contribution in [0.5, 0.6) is 0 Å². The minimum atomic E-state index is -0.355. The van der Waals surface area contributed by atoms with Crippen molar-refractivity contribution in [3.8, 4) is 0 Å². The van der Waals surface area contributed by atoms with E-state index in [1.807, 2.05) is 11.6 Å². The predicted molar refractivity (Wildman–Crippen MR) is 83.7 cm³/mol. The van der Waals surface area contributed by atoms with E-state index < -0.39 is 0 Å². The molecule has 0 fully saturated rings. The van der Waals surface area contributed by atoms with Gasteiger partial charge in [-0.15, -0.1) is 0 Å². The lowest BCUT2D eigenvalue weighted by Gasteiger charge is -2.10. The summed E-state index contributed by atoms with van der Waals surface area (Å²) in [5.74, 6) is -0.355. The molecule has 0 saturated heterocycles. The molecule has 1 heterocycles. The van der Waals surface area contributed by atoms with Crippen molar-refractivity contribution in [1.29, 1.82) is 0 Å². The fraction of sp³-hybridized carbons (Fsp3) is 0.357. The summed E-state index contributed by atoms with van der Waals surface area (Å²) in [4.78, 5) is 0. The highest BCUT2D eigenvalue weighted by atomic mass is 79.9. The molecule has 1 aromatic heterocycles. The number of hydrogen-bond acceptors (Lipinski definition) is 2. The van der Waals surface area contributed by atoms with E-state index in [1.54, 1.807) is 12.1 Å². The van der Waals surface area contributed by atoms with E-state index in [-0.39, 0.29) is 5.82 Å². The van der Waals surface area contributed by atoms with E-state index in [9.17, 15) is 4.39 Å². The smallest absolute Gasteiger partial charge is 0.147 e. The van der Waals surface area contributed by atoms with Crippen LogP contribution in [0.25, 0.3) is 0 Å². The number of aryl methyl sites for hydroxylation is 2. The molecule has 0 amide bonds. The fourth-order valence-corrected chi connectivity index (χ4v) is 2.86. The van der Waals surface area contributed by atoms with Gasteiger partial charge in [0.25, 0.3) is 0 Å². The van der Waals surface area contributed by atoms with Crippen LogP contribution in [0.3, 0.4) is 0 Å². The molecule has 3 nitrogen and oxygen atoms in total. The molecule has 20 heavy (non-hydrogen) atoms. The Morgan fingerprint density at radius 1 is 1.40 bits per heavy atom. The van der Waals surface area contributed by atoms with Gasteiger partial charge in [-0.1, -0.05) is 18.5 Å². The van der Waals surface area contributed by atoms with Gasteiger partial charge in [-0.3, -0.25) is 4.68 Å². The summed E-state index contributed by atoms with van der Waals surface area (Å²) < 4.78 is 16.6. The van der Waals surface area contributed by atoms with Gasteiger partial charge in [0.05, 0.1) is 28.1 Å². The number of nitrogens with zero attached hydrogens (tertiary/aromatic N) is 2. The average molecular weight is 361 g/mol. The Morgan fingerprint density at radius 2 is 2.15 bits per heavy atom. The van der Waals surface area contributed by atoms with E-state index in [2.05, 4.69) is 33.3 Å². The topological polar surface area (TPSA) is 29.9 Å². The Bertz CT molecular complexity index is 613. The summed E-state index contributed by atoms with van der Waals surface area (Å²) in [6, 6.07) is 4.60. The maximum atomic E-state index is 13.7. The molecule has 0 atom stereocenters. The van der Waals surface area contributed by atoms with Gasteiger partial charge in [0, 0.05) is 11.6 Å². The molecule has 0 spiro atoms. The largest absolute Gasteiger partial charge is 0.377 e. The van der Waals surface area contributed by atoms with Crippen LogP contribution in [0.1, 0.15) is 25.2 Å². The van der Waals surface area contributed by atoms with Crippen molar-refractivity contribution in [2.75, 3.05) is 5.32 Å². The Balaban J connectivity index is 2.20. The van der Waals surface area contributed by atoms with Gasteiger partial charge in [-0.05, 0) is 47.5 Å². The van der Waals surface area contributed by atoms with Gasteiger partial charge < -0.3 is 5.32 Å². The minimum absolute atomic E-state index is 0.355. The second-order valence-electron chi connectivity index (χ2n) is 4.35. The van der Waals surface area contributed by atoms with Gasteiger partial charge in [0.2, 0.25) is 0 Å². The van der Waals surface area contributed by atoms with Gasteiger partial charge in [0.1, 0.15) is 5.82 Å². The van der Waals surface area contributed by atoms with Crippen LogP contribution in [0, 0.1) is 5.82 Å². The molecule has 0 bridgehead atoms. The maximum Gasteiger partial charge on any atom is 0.147 e. The molecule has 0 aliphatic rings. The molecule has 2 rings (SSSR count). The van der Waals surface area contributed by atoms with Crippen LogP contribution < -0.4 is 5.32 Å². The fourth-order valence-electron chi connectivity index (χ4n) is 2.00. The molecule has 108 valence electrons. The number of hydrogen-bond donors (Lipinski definition) is 1. The van der Waals surface area contributed by atoms with Crippen molar-refractivity contribution in [1.82, 2.24) is 9.78 Å². The highest BCUT2D eigenvalue weighted by Crippen LogP contribution is 2.24. The first-order valence-electron chi connectivity index (χ1n) is 6.49. The Morgan fingerprint density at radius 3 is 2.75 bits per heavy atom. The second-order valence-corrected chi connectivity index (χ2v) is 5.58. The molecular formula is C14H16BrClFN3. The summed E-state index contributed by atoms with van der Waals surface area (Å²) in [5, 5.41) is 7.99. The highest BCUT2D eigenvalue weighted by Gasteiger charge is 2.14. The quantitative estimate of drug-likeness (QED) is 0.842. The lowest BCUT2D eigenvalue weighted by atomic mass is 10.2. The number of nitrogens with one attached hydrogen (secondary N) is 1. The van der Waals surface area contributed by atoms with Gasteiger partial charge in [0.15, 0.2) is 0 Å². The van der Waals surface area contributed by atoms with Crippen LogP contribution in [0.15, 0.2) is 22.7 Å². The normalized spacial score (nSPS) is 10.8. The number of anilines is 1. The van der Waals surface area contributed by atoms with Gasteiger partial charge in [-0.2, -0.15) is 5.10 Å². The van der Waals surface area contributed by atoms with E-state index in [1.165, 1.54) is 6.07 Å². The zero-order chi connectivity index (χ0) is 14.7. The highest BCUT2D eigenvalue weighted by molar-refractivity contribution is 9.10. The van der Waals surface area contributed by atoms with E-state index in [0.29, 0.717) is 17.3 Å². The van der Waals surface area contributed by atoms with E-state index in [0.717, 1.165) is 28.8 Å². The molecular weight excluding hydrogens is 345 g/mol. The third kappa shape index (κ3) is 3.15. The molecule has 1 N–H and O–H groups in total. The Kier molecular flexibility index (Phi) is 5.05. The van der Waals surface area contributed by atoms with Crippen molar-refractivity contribution in [3.63, 3.8) is 0 Å². The molecule has 0 unspecified atom stereocenters. The van der Waals surface area contributed by atoms with Crippen molar-refractivity contribution in [2.24, 2.45) is 0 Å². The maximum absolute atomic E-state index is 13.7. The number of aromatic nitrogens is 2. The van der Waals surface area contributed by atoms with Gasteiger partial charge in [-0.25, -0.2) is 4.39 Å². The number of halogens is 3. The first kappa shape index (κ1) is 15.3. The third-order valence-corrected chi connectivity index (χ3v) is 4.22. The zero-order valence-corrected chi connectivity index (χ0v) is 13.7. The molecule has 6 heteroatoms. The number of rotatable bonds is 5. The summed E-state index contributed by atoms with van der Waals surface area (Å²) in [6.07, 6.45) is 0.857. The lowest BCUT2D eigenvalue weighted by molar-refractivity contribution is 0.613. The first-order chi connectivity index (χ1) is 9.56. The summed E-state index contributed by atoms with van der Waals surface area (Å²) in [5.41, 5.74) is 2.46. The predicted octanol–water partition coefficient (Wildman–Crippen LogP) is 4.63. The summed E-state index contributed by atoms with van der Waals surface area (Å²) in [6.45, 7) is 5.37. The second kappa shape index (κ2) is 6.59. The van der Waals surface area contributed by atoms with Crippen LogP contribution in [0.2, 0.25) is 5.02 Å². The van der Waals surface area contributed by atoms with Crippen molar-refractivity contribution >= 4 is 33.2 Å². The summed E-state index contributed by atoms with van der Waals surface area (Å²) in [7, 11) is 0. The Labute approximate surface area is 131 Å². The monoisotopic (exact) mass is 359 g/mol. The minimum Gasteiger partial charge on any atom is -0.377 e. The average Bonchev–Trinajstić information content (AvgIpc) is 2.74. The number of benzene rings is 1. The van der Waals surface area contributed by atoms with Crippen molar-refractivity contribution in [3.05, 3.63) is 44.9 Å². The van der Waals surface area contributed by atoms with Crippen LogP contribution in [-0.2, 0) is 19.5 Å². The molecule has 2 aromatic rings. The Hall–Kier alpha value is -1.07. The summed E-state index contributed by atoms with van der Waals surface area (Å²) >= 11 is 9.31. The van der Waals surface area contributed by atoms with Crippen LogP contribution >= 0.6 is 27.5 Å². The third-order valence-electron chi connectivity index (χ3n) is 3.07. The zero-order valence-electron chi connectivity index (χ0n) is 11.4. The molecule has 0 radical (unpaired) electrons. The van der Waals surface area contributed by atoms with Gasteiger partial charge >= 0.3 is 0 Å². The molecule has 0 aliphatic heterocycles. The van der Waals surface area contributed by atoms with Crippen molar-refractivity contribution < 1.29 is 4.39 Å².